The van der Waals surface area contributed by atoms with Crippen molar-refractivity contribution in [3.63, 3.8) is 0 Å². The van der Waals surface area contributed by atoms with Crippen molar-refractivity contribution in [3.8, 4) is 0 Å². The third-order valence-electron chi connectivity index (χ3n) is 4.35. The third kappa shape index (κ3) is 7.38. The maximum atomic E-state index is 12.1. The van der Waals surface area contributed by atoms with Gasteiger partial charge in [0, 0.05) is 39.3 Å². The van der Waals surface area contributed by atoms with Crippen LogP contribution >= 0.6 is 11.3 Å². The smallest absolute Gasteiger partial charge is 0.250 e. The number of sulfonamides is 1. The van der Waals surface area contributed by atoms with Gasteiger partial charge >= 0.3 is 0 Å². The average Bonchev–Trinajstić information content (AvgIpc) is 3.22. The van der Waals surface area contributed by atoms with Gasteiger partial charge in [-0.05, 0) is 31.2 Å². The molecule has 11 heteroatoms. The molecule has 2 heterocycles. The first kappa shape index (κ1) is 22.6. The minimum atomic E-state index is -3.45. The molecule has 0 unspecified atom stereocenters. The molecule has 0 aliphatic carbocycles. The normalized spacial score (nSPS) is 16.7. The van der Waals surface area contributed by atoms with Gasteiger partial charge in [-0.1, -0.05) is 6.07 Å². The summed E-state index contributed by atoms with van der Waals surface area (Å²) in [5, 5.41) is 11.0. The fourth-order valence-electron chi connectivity index (χ4n) is 2.87. The molecule has 158 valence electrons. The van der Waals surface area contributed by atoms with E-state index >= 15 is 0 Å². The largest absolute Gasteiger partial charge is 0.358 e. The van der Waals surface area contributed by atoms with E-state index in [0.717, 1.165) is 32.5 Å². The van der Waals surface area contributed by atoms with Crippen molar-refractivity contribution in [2.24, 2.45) is 4.99 Å². The van der Waals surface area contributed by atoms with Crippen molar-refractivity contribution in [1.82, 2.24) is 25.6 Å². The molecule has 2 rings (SSSR count). The number of nitrogens with one attached hydrogen (secondary N) is 4. The molecule has 0 atom stereocenters. The van der Waals surface area contributed by atoms with Gasteiger partial charge in [0.1, 0.15) is 4.21 Å². The van der Waals surface area contributed by atoms with Crippen LogP contribution in [0.1, 0.15) is 19.8 Å². The van der Waals surface area contributed by atoms with Crippen molar-refractivity contribution in [2.45, 2.75) is 30.0 Å². The highest BCUT2D eigenvalue weighted by Gasteiger charge is 2.21. The molecule has 0 radical (unpaired) electrons. The standard InChI is InChI=1S/C17H30N6O3S2/c1-3-19-17(20-8-9-21-28(25,26)16-5-4-12-27-16)22-14-6-10-23(11-7-14)13-15(24)18-2/h4-5,12,14,21H,3,6-11,13H2,1-2H3,(H,18,24)(H2,19,20,22). The van der Waals surface area contributed by atoms with E-state index in [0.29, 0.717) is 23.3 Å². The zero-order valence-corrected chi connectivity index (χ0v) is 18.0. The lowest BCUT2D eigenvalue weighted by Gasteiger charge is -2.32. The highest BCUT2D eigenvalue weighted by molar-refractivity contribution is 7.91. The molecule has 1 amide bonds. The van der Waals surface area contributed by atoms with Crippen molar-refractivity contribution < 1.29 is 13.2 Å². The quantitative estimate of drug-likeness (QED) is 0.245. The monoisotopic (exact) mass is 430 g/mol. The van der Waals surface area contributed by atoms with Gasteiger partial charge in [-0.15, -0.1) is 11.3 Å². The first-order chi connectivity index (χ1) is 13.4. The average molecular weight is 431 g/mol. The minimum absolute atomic E-state index is 0.0336. The van der Waals surface area contributed by atoms with Gasteiger partial charge < -0.3 is 16.0 Å². The van der Waals surface area contributed by atoms with Crippen molar-refractivity contribution in [1.29, 1.82) is 0 Å². The first-order valence-corrected chi connectivity index (χ1v) is 11.8. The SMILES string of the molecule is CCNC(=NCCNS(=O)(=O)c1cccs1)NC1CCN(CC(=O)NC)CC1. The number of piperidine rings is 1. The van der Waals surface area contributed by atoms with Gasteiger partial charge in [-0.2, -0.15) is 0 Å². The van der Waals surface area contributed by atoms with Crippen molar-refractivity contribution >= 4 is 33.2 Å². The molecule has 4 N–H and O–H groups in total. The number of guanidine groups is 1. The molecular weight excluding hydrogens is 400 g/mol. The van der Waals surface area contributed by atoms with Crippen molar-refractivity contribution in [3.05, 3.63) is 17.5 Å². The van der Waals surface area contributed by atoms with E-state index in [-0.39, 0.29) is 18.5 Å². The summed E-state index contributed by atoms with van der Waals surface area (Å²) in [7, 11) is -1.80. The van der Waals surface area contributed by atoms with Crippen LogP contribution in [0.3, 0.4) is 0 Å². The van der Waals surface area contributed by atoms with Crippen LogP contribution in [-0.2, 0) is 14.8 Å². The van der Waals surface area contributed by atoms with Crippen molar-refractivity contribution in [2.75, 3.05) is 46.3 Å². The Hall–Kier alpha value is -1.69. The second-order valence-corrected chi connectivity index (χ2v) is 9.40. The van der Waals surface area contributed by atoms with E-state index in [9.17, 15) is 13.2 Å². The summed E-state index contributed by atoms with van der Waals surface area (Å²) < 4.78 is 27.1. The maximum Gasteiger partial charge on any atom is 0.250 e. The molecule has 1 aromatic rings. The summed E-state index contributed by atoms with van der Waals surface area (Å²) in [6.07, 6.45) is 1.85. The predicted octanol–water partition coefficient (Wildman–Crippen LogP) is -0.208. The Morgan fingerprint density at radius 1 is 1.36 bits per heavy atom. The van der Waals surface area contributed by atoms with E-state index in [1.807, 2.05) is 6.92 Å². The number of hydrogen-bond acceptors (Lipinski definition) is 6. The Morgan fingerprint density at radius 3 is 2.71 bits per heavy atom. The van der Waals surface area contributed by atoms with Crippen LogP contribution in [0.25, 0.3) is 0 Å². The predicted molar refractivity (Wildman–Crippen MR) is 112 cm³/mol. The van der Waals surface area contributed by atoms with Crippen LogP contribution < -0.4 is 20.7 Å². The highest BCUT2D eigenvalue weighted by atomic mass is 32.2. The topological polar surface area (TPSA) is 115 Å². The molecule has 0 saturated carbocycles. The van der Waals surface area contributed by atoms with Gasteiger partial charge in [-0.25, -0.2) is 13.1 Å². The Kier molecular flexibility index (Phi) is 9.16. The van der Waals surface area contributed by atoms with E-state index in [1.165, 1.54) is 11.3 Å². The van der Waals surface area contributed by atoms with Crippen LogP contribution in [0.4, 0.5) is 0 Å². The Bertz CT molecular complexity index is 728. The molecule has 0 spiro atoms. The van der Waals surface area contributed by atoms with E-state index in [2.05, 4.69) is 30.6 Å². The Morgan fingerprint density at radius 2 is 2.11 bits per heavy atom. The molecule has 28 heavy (non-hydrogen) atoms. The molecular formula is C17H30N6O3S2. The number of rotatable bonds is 9. The summed E-state index contributed by atoms with van der Waals surface area (Å²) in [5.74, 6) is 0.717. The second kappa shape index (κ2) is 11.3. The second-order valence-electron chi connectivity index (χ2n) is 6.46. The van der Waals surface area contributed by atoms with Crippen LogP contribution in [0.2, 0.25) is 0 Å². The summed E-state index contributed by atoms with van der Waals surface area (Å²) in [5.41, 5.74) is 0. The number of thiophene rings is 1. The number of likely N-dealkylation sites (N-methyl/N-ethyl adjacent to an activating group) is 1. The summed E-state index contributed by atoms with van der Waals surface area (Å²) in [6, 6.07) is 3.57. The molecule has 1 aliphatic heterocycles. The molecule has 1 fully saturated rings. The fraction of sp³-hybridized carbons (Fsp3) is 0.647. The number of aliphatic imine (C=N–C) groups is 1. The number of amides is 1. The maximum absolute atomic E-state index is 12.1. The minimum Gasteiger partial charge on any atom is -0.358 e. The molecule has 0 aromatic carbocycles. The lowest BCUT2D eigenvalue weighted by molar-refractivity contribution is -0.122. The highest BCUT2D eigenvalue weighted by Crippen LogP contribution is 2.14. The molecule has 1 aromatic heterocycles. The number of carbonyl (C=O) groups is 1. The van der Waals surface area contributed by atoms with Crippen LogP contribution in [0.15, 0.2) is 26.7 Å². The molecule has 1 aliphatic rings. The summed E-state index contributed by atoms with van der Waals surface area (Å²) >= 11 is 1.19. The number of hydrogen-bond donors (Lipinski definition) is 4. The first-order valence-electron chi connectivity index (χ1n) is 9.45. The number of carbonyl (C=O) groups excluding carboxylic acids is 1. The Labute approximate surface area is 171 Å². The lowest BCUT2D eigenvalue weighted by Crippen LogP contribution is -2.50. The van der Waals surface area contributed by atoms with Gasteiger partial charge in [0.25, 0.3) is 0 Å². The Balaban J connectivity index is 1.77. The van der Waals surface area contributed by atoms with Crippen LogP contribution in [0.5, 0.6) is 0 Å². The van der Waals surface area contributed by atoms with Gasteiger partial charge in [0.15, 0.2) is 5.96 Å². The van der Waals surface area contributed by atoms with Gasteiger partial charge in [-0.3, -0.25) is 14.7 Å². The van der Waals surface area contributed by atoms with Crippen LogP contribution in [0, 0.1) is 0 Å². The molecule has 9 nitrogen and oxygen atoms in total. The van der Waals surface area contributed by atoms with E-state index in [4.69, 9.17) is 0 Å². The zero-order chi connectivity index (χ0) is 20.4. The lowest BCUT2D eigenvalue weighted by atomic mass is 10.1. The van der Waals surface area contributed by atoms with Gasteiger partial charge in [0.2, 0.25) is 15.9 Å². The van der Waals surface area contributed by atoms with E-state index in [1.54, 1.807) is 24.6 Å². The zero-order valence-electron chi connectivity index (χ0n) is 16.4. The van der Waals surface area contributed by atoms with Crippen LogP contribution in [-0.4, -0.2) is 77.5 Å². The van der Waals surface area contributed by atoms with Gasteiger partial charge in [0.05, 0.1) is 13.1 Å². The van der Waals surface area contributed by atoms with E-state index < -0.39 is 10.0 Å². The molecule has 1 saturated heterocycles. The third-order valence-corrected chi connectivity index (χ3v) is 7.21. The summed E-state index contributed by atoms with van der Waals surface area (Å²) in [6.45, 7) is 5.43. The summed E-state index contributed by atoms with van der Waals surface area (Å²) in [4.78, 5) is 18.1. The fourth-order valence-corrected chi connectivity index (χ4v) is 4.92. The molecule has 0 bridgehead atoms. The number of likely N-dealkylation sites (tertiary alicyclic amines) is 1. The number of nitrogens with zero attached hydrogens (tertiary/aromatic N) is 2.